The van der Waals surface area contributed by atoms with Crippen LogP contribution in [0.3, 0.4) is 0 Å². The summed E-state index contributed by atoms with van der Waals surface area (Å²) in [6.07, 6.45) is -5.05. The highest BCUT2D eigenvalue weighted by molar-refractivity contribution is 7.90. The second-order valence-corrected chi connectivity index (χ2v) is 12.4. The van der Waals surface area contributed by atoms with Gasteiger partial charge in [0, 0.05) is 12.3 Å². The first-order valence-corrected chi connectivity index (χ1v) is 13.6. The number of halogens is 3. The van der Waals surface area contributed by atoms with Gasteiger partial charge in [0.1, 0.15) is 22.7 Å². The fourth-order valence-corrected chi connectivity index (χ4v) is 6.42. The van der Waals surface area contributed by atoms with Gasteiger partial charge in [0.05, 0.1) is 24.8 Å². The van der Waals surface area contributed by atoms with Gasteiger partial charge in [0.15, 0.2) is 0 Å². The number of rotatable bonds is 4. The van der Waals surface area contributed by atoms with Gasteiger partial charge in [-0.2, -0.15) is 17.5 Å². The molecule has 4 rings (SSSR count). The Morgan fingerprint density at radius 2 is 1.59 bits per heavy atom. The van der Waals surface area contributed by atoms with Crippen LogP contribution in [0.2, 0.25) is 0 Å². The van der Waals surface area contributed by atoms with Gasteiger partial charge in [-0.1, -0.05) is 18.2 Å². The highest BCUT2D eigenvalue weighted by Gasteiger charge is 2.51. The normalized spacial score (nSPS) is 22.5. The topological polar surface area (TPSA) is 99.2 Å². The highest BCUT2D eigenvalue weighted by atomic mass is 32.2. The van der Waals surface area contributed by atoms with Crippen LogP contribution in [0.25, 0.3) is 0 Å². The van der Waals surface area contributed by atoms with Crippen LogP contribution in [-0.4, -0.2) is 55.4 Å². The Balaban J connectivity index is 1.66. The van der Waals surface area contributed by atoms with E-state index in [2.05, 4.69) is 0 Å². The average Bonchev–Trinajstić information content (AvgIpc) is 3.12. The number of carbonyl (C=O) groups is 2. The van der Waals surface area contributed by atoms with Gasteiger partial charge in [-0.15, -0.1) is 0 Å². The van der Waals surface area contributed by atoms with Crippen molar-refractivity contribution in [2.24, 2.45) is 0 Å². The quantitative estimate of drug-likeness (QED) is 0.365. The van der Waals surface area contributed by atoms with Crippen LogP contribution in [0.4, 0.5) is 18.0 Å². The van der Waals surface area contributed by atoms with E-state index in [1.165, 1.54) is 7.11 Å². The summed E-state index contributed by atoms with van der Waals surface area (Å²) in [6, 6.07) is 10.5. The lowest BCUT2D eigenvalue weighted by atomic mass is 9.82. The van der Waals surface area contributed by atoms with Gasteiger partial charge in [0.2, 0.25) is 10.0 Å². The first-order valence-electron chi connectivity index (χ1n) is 12.1. The first kappa shape index (κ1) is 28.5. The summed E-state index contributed by atoms with van der Waals surface area (Å²) >= 11 is 0. The molecule has 0 spiro atoms. The minimum absolute atomic E-state index is 0.115. The highest BCUT2D eigenvalue weighted by Crippen LogP contribution is 2.42. The summed E-state index contributed by atoms with van der Waals surface area (Å²) in [7, 11) is -2.67. The minimum atomic E-state index is -4.57. The van der Waals surface area contributed by atoms with Crippen molar-refractivity contribution in [1.29, 1.82) is 0 Å². The van der Waals surface area contributed by atoms with Crippen molar-refractivity contribution >= 4 is 22.1 Å². The number of methoxy groups -OCH3 is 1. The number of hydrogen-bond acceptors (Lipinski definition) is 7. The lowest BCUT2D eigenvalue weighted by Crippen LogP contribution is -2.40. The molecule has 1 saturated heterocycles. The van der Waals surface area contributed by atoms with Crippen molar-refractivity contribution in [2.45, 2.75) is 56.2 Å². The maximum absolute atomic E-state index is 13.3. The van der Waals surface area contributed by atoms with Crippen molar-refractivity contribution in [1.82, 2.24) is 4.31 Å². The van der Waals surface area contributed by atoms with Crippen molar-refractivity contribution in [3.63, 3.8) is 0 Å². The second kappa shape index (κ2) is 10.2. The number of amides is 1. The van der Waals surface area contributed by atoms with E-state index >= 15 is 0 Å². The molecule has 1 aliphatic heterocycles. The Labute approximate surface area is 224 Å². The summed E-state index contributed by atoms with van der Waals surface area (Å²) in [4.78, 5) is 25.7. The summed E-state index contributed by atoms with van der Waals surface area (Å²) in [5.74, 6) is -0.907. The number of hydrogen-bond donors (Lipinski definition) is 0. The van der Waals surface area contributed by atoms with Crippen LogP contribution < -0.4 is 4.74 Å². The number of nitrogens with zero attached hydrogens (tertiary/aromatic N) is 1. The summed E-state index contributed by atoms with van der Waals surface area (Å²) < 4.78 is 82.4. The lowest BCUT2D eigenvalue weighted by Gasteiger charge is -2.32. The van der Waals surface area contributed by atoms with Crippen LogP contribution in [0.1, 0.15) is 54.6 Å². The van der Waals surface area contributed by atoms with Gasteiger partial charge in [-0.3, -0.25) is 0 Å². The number of alkyl halides is 3. The smallest absolute Gasteiger partial charge is 0.424 e. The van der Waals surface area contributed by atoms with Crippen molar-refractivity contribution in [3.8, 4) is 5.75 Å². The molecule has 39 heavy (non-hydrogen) atoms. The molecule has 2 aromatic rings. The molecule has 1 heterocycles. The third-order valence-corrected chi connectivity index (χ3v) is 8.56. The number of esters is 1. The van der Waals surface area contributed by atoms with Gasteiger partial charge < -0.3 is 14.2 Å². The zero-order valence-corrected chi connectivity index (χ0v) is 22.5. The molecule has 210 valence electrons. The Morgan fingerprint density at radius 1 is 0.974 bits per heavy atom. The molecule has 1 fully saturated rings. The number of ether oxygens (including phenoxy) is 3. The fraction of sp³-hybridized carbons (Fsp3) is 0.407. The molecule has 1 amide bonds. The summed E-state index contributed by atoms with van der Waals surface area (Å²) in [6.45, 7) is 4.66. The van der Waals surface area contributed by atoms with E-state index in [9.17, 15) is 31.2 Å². The van der Waals surface area contributed by atoms with E-state index in [0.29, 0.717) is 21.2 Å². The lowest BCUT2D eigenvalue weighted by molar-refractivity contribution is -0.137. The summed E-state index contributed by atoms with van der Waals surface area (Å²) in [5, 5.41) is -1.13. The zero-order chi connectivity index (χ0) is 28.8. The predicted octanol–water partition coefficient (Wildman–Crippen LogP) is 5.30. The SMILES string of the molecule is COc1ccc([C@H]2C=C3CN(C(=O)OC(C)(C)C)S(=O)(=O)[C@H]3C[C@H]2OC(=O)c2ccc(C(F)(F)F)cc2)cc1. The predicted molar refractivity (Wildman–Crippen MR) is 135 cm³/mol. The van der Waals surface area contributed by atoms with Crippen molar-refractivity contribution in [2.75, 3.05) is 13.7 Å². The molecule has 0 radical (unpaired) electrons. The maximum atomic E-state index is 13.3. The number of benzene rings is 2. The first-order chi connectivity index (χ1) is 18.1. The Bertz CT molecular complexity index is 1380. The minimum Gasteiger partial charge on any atom is -0.497 e. The summed E-state index contributed by atoms with van der Waals surface area (Å²) in [5.41, 5.74) is -0.792. The Kier molecular flexibility index (Phi) is 7.46. The van der Waals surface area contributed by atoms with Crippen molar-refractivity contribution < 1.29 is 45.4 Å². The van der Waals surface area contributed by atoms with Crippen LogP contribution in [-0.2, 0) is 25.7 Å². The van der Waals surface area contributed by atoms with E-state index in [1.807, 2.05) is 0 Å². The van der Waals surface area contributed by atoms with E-state index in [-0.39, 0.29) is 18.5 Å². The molecule has 12 heteroatoms. The Morgan fingerprint density at radius 3 is 2.13 bits per heavy atom. The molecule has 3 atom stereocenters. The van der Waals surface area contributed by atoms with Crippen LogP contribution in [0.15, 0.2) is 60.2 Å². The standard InChI is InChI=1S/C27H28F3NO7S/c1-26(2,3)38-25(33)31-15-18-13-21(16-7-11-20(36-4)12-8-16)22(14-23(18)39(31,34)35)37-24(32)17-5-9-19(10-6-17)27(28,29)30/h5-13,21-23H,14-15H2,1-4H3/t21-,22-,23+/m1/s1. The molecular formula is C27H28F3NO7S. The van der Waals surface area contributed by atoms with Gasteiger partial charge in [0.25, 0.3) is 0 Å². The maximum Gasteiger partial charge on any atom is 0.424 e. The number of sulfonamides is 1. The fourth-order valence-electron chi connectivity index (χ4n) is 4.57. The van der Waals surface area contributed by atoms with Gasteiger partial charge in [-0.25, -0.2) is 18.0 Å². The van der Waals surface area contributed by atoms with E-state index in [4.69, 9.17) is 14.2 Å². The van der Waals surface area contributed by atoms with Gasteiger partial charge in [-0.05, 0) is 68.3 Å². The molecule has 8 nitrogen and oxygen atoms in total. The molecule has 2 aliphatic rings. The number of carbonyl (C=O) groups excluding carboxylic acids is 2. The van der Waals surface area contributed by atoms with Crippen molar-refractivity contribution in [3.05, 3.63) is 76.9 Å². The van der Waals surface area contributed by atoms with Gasteiger partial charge >= 0.3 is 18.2 Å². The van der Waals surface area contributed by atoms with Crippen LogP contribution in [0.5, 0.6) is 5.75 Å². The third kappa shape index (κ3) is 6.05. The third-order valence-electron chi connectivity index (χ3n) is 6.45. The molecule has 0 aromatic heterocycles. The molecule has 0 unspecified atom stereocenters. The zero-order valence-electron chi connectivity index (χ0n) is 21.7. The molecule has 0 saturated carbocycles. The largest absolute Gasteiger partial charge is 0.497 e. The Hall–Kier alpha value is -3.54. The average molecular weight is 568 g/mol. The number of fused-ring (bicyclic) bond motifs is 1. The second-order valence-electron chi connectivity index (χ2n) is 10.3. The molecule has 0 bridgehead atoms. The molecule has 0 N–H and O–H groups in total. The molecular weight excluding hydrogens is 539 g/mol. The molecule has 1 aliphatic carbocycles. The molecule has 2 aromatic carbocycles. The monoisotopic (exact) mass is 567 g/mol. The van der Waals surface area contributed by atoms with E-state index < -0.39 is 56.7 Å². The van der Waals surface area contributed by atoms with Crippen LogP contribution >= 0.6 is 0 Å². The van der Waals surface area contributed by atoms with Crippen LogP contribution in [0, 0.1) is 0 Å². The van der Waals surface area contributed by atoms with E-state index in [1.54, 1.807) is 51.1 Å². The van der Waals surface area contributed by atoms with E-state index in [0.717, 1.165) is 24.3 Å².